The molecule has 0 bridgehead atoms. The molecule has 0 spiro atoms. The maximum Gasteiger partial charge on any atom is 0.239 e. The van der Waals surface area contributed by atoms with E-state index in [1.165, 1.54) is 0 Å². The Morgan fingerprint density at radius 1 is 1.44 bits per heavy atom. The zero-order chi connectivity index (χ0) is 13.7. The lowest BCUT2D eigenvalue weighted by molar-refractivity contribution is -0.134. The minimum Gasteiger partial charge on any atom is -0.497 e. The highest BCUT2D eigenvalue weighted by Gasteiger charge is 2.22. The van der Waals surface area contributed by atoms with Crippen molar-refractivity contribution in [1.82, 2.24) is 4.90 Å². The molecular weight excluding hydrogens is 228 g/mol. The zero-order valence-electron chi connectivity index (χ0n) is 11.5. The minimum absolute atomic E-state index is 0.0106. The fourth-order valence-corrected chi connectivity index (χ4v) is 1.96. The highest BCUT2D eigenvalue weighted by molar-refractivity contribution is 5.81. The largest absolute Gasteiger partial charge is 0.497 e. The molecule has 4 nitrogen and oxygen atoms in total. The first-order valence-corrected chi connectivity index (χ1v) is 6.21. The predicted octanol–water partition coefficient (Wildman–Crippen LogP) is 1.95. The molecule has 1 aromatic rings. The van der Waals surface area contributed by atoms with Gasteiger partial charge in [-0.15, -0.1) is 0 Å². The Morgan fingerprint density at radius 2 is 2.11 bits per heavy atom. The molecule has 1 rings (SSSR count). The van der Waals surface area contributed by atoms with E-state index in [0.29, 0.717) is 6.54 Å². The number of benzene rings is 1. The lowest BCUT2D eigenvalue weighted by Gasteiger charge is -2.30. The molecular formula is C14H22N2O2. The summed E-state index contributed by atoms with van der Waals surface area (Å²) in [6.07, 6.45) is 0. The van der Waals surface area contributed by atoms with Crippen molar-refractivity contribution >= 4 is 5.91 Å². The van der Waals surface area contributed by atoms with Crippen LogP contribution in [0.3, 0.4) is 0 Å². The van der Waals surface area contributed by atoms with E-state index in [4.69, 9.17) is 10.5 Å². The lowest BCUT2D eigenvalue weighted by Crippen LogP contribution is -2.43. The number of amides is 1. The summed E-state index contributed by atoms with van der Waals surface area (Å²) in [4.78, 5) is 13.8. The molecule has 0 heterocycles. The van der Waals surface area contributed by atoms with Crippen LogP contribution in [-0.2, 0) is 4.79 Å². The fourth-order valence-electron chi connectivity index (χ4n) is 1.96. The van der Waals surface area contributed by atoms with Gasteiger partial charge in [0.25, 0.3) is 0 Å². The van der Waals surface area contributed by atoms with E-state index in [1.54, 1.807) is 18.9 Å². The fraction of sp³-hybridized carbons (Fsp3) is 0.500. The molecule has 2 atom stereocenters. The molecule has 1 unspecified atom stereocenters. The van der Waals surface area contributed by atoms with Crippen molar-refractivity contribution in [3.8, 4) is 5.75 Å². The Morgan fingerprint density at radius 3 is 2.61 bits per heavy atom. The summed E-state index contributed by atoms with van der Waals surface area (Å²) in [7, 11) is 1.63. The Balaban J connectivity index is 2.95. The van der Waals surface area contributed by atoms with Crippen LogP contribution in [0.2, 0.25) is 0 Å². The van der Waals surface area contributed by atoms with Crippen molar-refractivity contribution < 1.29 is 9.53 Å². The van der Waals surface area contributed by atoms with Gasteiger partial charge in [0.1, 0.15) is 5.75 Å². The van der Waals surface area contributed by atoms with Gasteiger partial charge in [0.15, 0.2) is 0 Å². The number of hydrogen-bond donors (Lipinski definition) is 1. The normalized spacial score (nSPS) is 13.8. The van der Waals surface area contributed by atoms with E-state index >= 15 is 0 Å². The highest BCUT2D eigenvalue weighted by Crippen LogP contribution is 2.24. The zero-order valence-corrected chi connectivity index (χ0v) is 11.5. The number of rotatable bonds is 5. The summed E-state index contributed by atoms with van der Waals surface area (Å²) >= 11 is 0. The molecule has 0 aliphatic carbocycles. The lowest BCUT2D eigenvalue weighted by atomic mass is 10.1. The van der Waals surface area contributed by atoms with Crippen molar-refractivity contribution in [2.45, 2.75) is 32.9 Å². The average molecular weight is 250 g/mol. The molecule has 1 amide bonds. The molecule has 0 radical (unpaired) electrons. The van der Waals surface area contributed by atoms with Crippen LogP contribution in [0, 0.1) is 0 Å². The summed E-state index contributed by atoms with van der Waals surface area (Å²) in [6, 6.07) is 7.27. The summed E-state index contributed by atoms with van der Waals surface area (Å²) in [5.74, 6) is 0.761. The molecule has 0 fully saturated rings. The number of carbonyl (C=O) groups is 1. The second-order valence-electron chi connectivity index (χ2n) is 4.37. The van der Waals surface area contributed by atoms with Gasteiger partial charge in [-0.2, -0.15) is 0 Å². The third kappa shape index (κ3) is 3.23. The van der Waals surface area contributed by atoms with Crippen LogP contribution in [0.4, 0.5) is 0 Å². The van der Waals surface area contributed by atoms with E-state index in [9.17, 15) is 4.79 Å². The van der Waals surface area contributed by atoms with Crippen molar-refractivity contribution in [2.75, 3.05) is 13.7 Å². The second kappa shape index (κ2) is 6.40. The topological polar surface area (TPSA) is 55.6 Å². The molecule has 0 aliphatic rings. The monoisotopic (exact) mass is 250 g/mol. The Kier molecular flexibility index (Phi) is 5.16. The molecule has 0 saturated heterocycles. The van der Waals surface area contributed by atoms with Crippen molar-refractivity contribution in [3.63, 3.8) is 0 Å². The Bertz CT molecular complexity index is 405. The SMILES string of the molecule is CCN(C(=O)[C@H](C)N)C(C)c1cccc(OC)c1. The van der Waals surface area contributed by atoms with Crippen LogP contribution in [0.25, 0.3) is 0 Å². The van der Waals surface area contributed by atoms with Crippen molar-refractivity contribution in [2.24, 2.45) is 5.73 Å². The van der Waals surface area contributed by atoms with Gasteiger partial charge in [-0.25, -0.2) is 0 Å². The van der Waals surface area contributed by atoms with Gasteiger partial charge in [0.05, 0.1) is 19.2 Å². The van der Waals surface area contributed by atoms with E-state index in [2.05, 4.69) is 0 Å². The molecule has 4 heteroatoms. The minimum atomic E-state index is -0.474. The number of hydrogen-bond acceptors (Lipinski definition) is 3. The summed E-state index contributed by atoms with van der Waals surface area (Å²) in [6.45, 7) is 6.30. The molecule has 100 valence electrons. The van der Waals surface area contributed by atoms with E-state index in [1.807, 2.05) is 38.1 Å². The summed E-state index contributed by atoms with van der Waals surface area (Å²) in [5.41, 5.74) is 6.71. The first kappa shape index (κ1) is 14.5. The number of nitrogens with two attached hydrogens (primary N) is 1. The second-order valence-corrected chi connectivity index (χ2v) is 4.37. The number of likely N-dealkylation sites (N-methyl/N-ethyl adjacent to an activating group) is 1. The average Bonchev–Trinajstić information content (AvgIpc) is 2.39. The maximum atomic E-state index is 12.0. The van der Waals surface area contributed by atoms with Crippen LogP contribution >= 0.6 is 0 Å². The number of ether oxygens (including phenoxy) is 1. The summed E-state index contributed by atoms with van der Waals surface area (Å²) < 4.78 is 5.20. The Hall–Kier alpha value is -1.55. The van der Waals surface area contributed by atoms with Gasteiger partial charge in [0.2, 0.25) is 5.91 Å². The van der Waals surface area contributed by atoms with Crippen LogP contribution < -0.4 is 10.5 Å². The van der Waals surface area contributed by atoms with Crippen molar-refractivity contribution in [1.29, 1.82) is 0 Å². The van der Waals surface area contributed by atoms with Crippen LogP contribution in [0.5, 0.6) is 5.75 Å². The first-order chi connectivity index (χ1) is 8.51. The van der Waals surface area contributed by atoms with Crippen LogP contribution in [-0.4, -0.2) is 30.5 Å². The van der Waals surface area contributed by atoms with Gasteiger partial charge in [-0.1, -0.05) is 12.1 Å². The molecule has 2 N–H and O–H groups in total. The number of methoxy groups -OCH3 is 1. The maximum absolute atomic E-state index is 12.0. The summed E-state index contributed by atoms with van der Waals surface area (Å²) in [5, 5.41) is 0. The Labute approximate surface area is 109 Å². The molecule has 0 aromatic heterocycles. The quantitative estimate of drug-likeness (QED) is 0.869. The van der Waals surface area contributed by atoms with Gasteiger partial charge in [0, 0.05) is 6.54 Å². The van der Waals surface area contributed by atoms with E-state index in [0.717, 1.165) is 11.3 Å². The van der Waals surface area contributed by atoms with Gasteiger partial charge >= 0.3 is 0 Å². The standard InChI is InChI=1S/C14H22N2O2/c1-5-16(14(17)10(2)15)11(3)12-7-6-8-13(9-12)18-4/h6-11H,5,15H2,1-4H3/t10-,11?/m0/s1. The van der Waals surface area contributed by atoms with Crippen LogP contribution in [0.1, 0.15) is 32.4 Å². The molecule has 0 saturated carbocycles. The predicted molar refractivity (Wildman–Crippen MR) is 72.4 cm³/mol. The number of carbonyl (C=O) groups excluding carboxylic acids is 1. The van der Waals surface area contributed by atoms with Gasteiger partial charge < -0.3 is 15.4 Å². The number of nitrogens with zero attached hydrogens (tertiary/aromatic N) is 1. The first-order valence-electron chi connectivity index (χ1n) is 6.21. The van der Waals surface area contributed by atoms with E-state index in [-0.39, 0.29) is 11.9 Å². The van der Waals surface area contributed by atoms with Gasteiger partial charge in [-0.3, -0.25) is 4.79 Å². The smallest absolute Gasteiger partial charge is 0.239 e. The molecule has 1 aromatic carbocycles. The third-order valence-corrected chi connectivity index (χ3v) is 3.06. The molecule has 0 aliphatic heterocycles. The van der Waals surface area contributed by atoms with E-state index < -0.39 is 6.04 Å². The van der Waals surface area contributed by atoms with Crippen LogP contribution in [0.15, 0.2) is 24.3 Å². The molecule has 18 heavy (non-hydrogen) atoms. The highest BCUT2D eigenvalue weighted by atomic mass is 16.5. The van der Waals surface area contributed by atoms with Gasteiger partial charge in [-0.05, 0) is 38.5 Å². The van der Waals surface area contributed by atoms with Crippen molar-refractivity contribution in [3.05, 3.63) is 29.8 Å². The third-order valence-electron chi connectivity index (χ3n) is 3.06.